The maximum absolute atomic E-state index is 12.4. The molecule has 0 aliphatic rings. The Hall–Kier alpha value is -4.04. The number of pyridine rings is 1. The van der Waals surface area contributed by atoms with Gasteiger partial charge in [0.2, 0.25) is 5.95 Å². The van der Waals surface area contributed by atoms with Gasteiger partial charge in [0.1, 0.15) is 5.52 Å². The lowest BCUT2D eigenvalue weighted by molar-refractivity contribution is -0.133. The van der Waals surface area contributed by atoms with Crippen LogP contribution in [0, 0.1) is 0 Å². The largest absolute Gasteiger partial charge is 0.462 e. The van der Waals surface area contributed by atoms with E-state index in [1.807, 2.05) is 6.07 Å². The number of esters is 2. The van der Waals surface area contributed by atoms with Crippen LogP contribution >= 0.6 is 11.6 Å². The standard InChI is InChI=1S/C26H23ClN4O4/c1-3-21(32)35-24-19(15-20(27)18-7-5-12-28-23(18)24)22(31-26-29-13-6-14-30-26)16-8-10-17(11-9-16)25(33)34-4-2/h5-15,22H,3-4H2,1-2H3,(H,29,30,31). The van der Waals surface area contributed by atoms with Crippen molar-refractivity contribution in [2.75, 3.05) is 11.9 Å². The predicted molar refractivity (Wildman–Crippen MR) is 133 cm³/mol. The molecular weight excluding hydrogens is 468 g/mol. The van der Waals surface area contributed by atoms with Gasteiger partial charge in [0.15, 0.2) is 5.75 Å². The van der Waals surface area contributed by atoms with Crippen LogP contribution in [0.4, 0.5) is 5.95 Å². The minimum absolute atomic E-state index is 0.185. The van der Waals surface area contributed by atoms with Crippen LogP contribution in [-0.4, -0.2) is 33.5 Å². The molecule has 1 unspecified atom stereocenters. The van der Waals surface area contributed by atoms with Gasteiger partial charge in [-0.3, -0.25) is 9.78 Å². The van der Waals surface area contributed by atoms with E-state index in [-0.39, 0.29) is 13.0 Å². The number of ether oxygens (including phenoxy) is 2. The highest BCUT2D eigenvalue weighted by molar-refractivity contribution is 6.35. The van der Waals surface area contributed by atoms with Gasteiger partial charge in [-0.2, -0.15) is 0 Å². The molecule has 2 heterocycles. The molecule has 4 rings (SSSR count). The zero-order chi connectivity index (χ0) is 24.8. The molecule has 0 saturated carbocycles. The monoisotopic (exact) mass is 490 g/mol. The lowest BCUT2D eigenvalue weighted by Gasteiger charge is -2.23. The number of nitrogens with one attached hydrogen (secondary N) is 1. The van der Waals surface area contributed by atoms with Crippen LogP contribution in [0.3, 0.4) is 0 Å². The van der Waals surface area contributed by atoms with E-state index >= 15 is 0 Å². The zero-order valence-corrected chi connectivity index (χ0v) is 20.0. The van der Waals surface area contributed by atoms with Crippen molar-refractivity contribution in [3.63, 3.8) is 0 Å². The highest BCUT2D eigenvalue weighted by Gasteiger charge is 2.25. The summed E-state index contributed by atoms with van der Waals surface area (Å²) >= 11 is 6.64. The van der Waals surface area contributed by atoms with E-state index < -0.39 is 18.0 Å². The van der Waals surface area contributed by atoms with Crippen molar-refractivity contribution in [2.24, 2.45) is 0 Å². The van der Waals surface area contributed by atoms with Gasteiger partial charge in [0, 0.05) is 36.0 Å². The van der Waals surface area contributed by atoms with Crippen LogP contribution in [0.1, 0.15) is 47.8 Å². The molecule has 1 atom stereocenters. The molecule has 1 N–H and O–H groups in total. The van der Waals surface area contributed by atoms with E-state index in [1.165, 1.54) is 0 Å². The van der Waals surface area contributed by atoms with E-state index in [1.54, 1.807) is 74.9 Å². The van der Waals surface area contributed by atoms with Crippen LogP contribution in [-0.2, 0) is 9.53 Å². The first-order valence-electron chi connectivity index (χ1n) is 11.1. The minimum atomic E-state index is -0.586. The minimum Gasteiger partial charge on any atom is -0.462 e. The summed E-state index contributed by atoms with van der Waals surface area (Å²) in [6.07, 6.45) is 5.03. The summed E-state index contributed by atoms with van der Waals surface area (Å²) < 4.78 is 10.9. The SMILES string of the molecule is CCOC(=O)c1ccc(C(Nc2ncccn2)c2cc(Cl)c3cccnc3c2OC(=O)CC)cc1. The van der Waals surface area contributed by atoms with Gasteiger partial charge in [-0.25, -0.2) is 14.8 Å². The number of aromatic nitrogens is 3. The van der Waals surface area contributed by atoms with Crippen molar-refractivity contribution in [3.05, 3.63) is 88.8 Å². The van der Waals surface area contributed by atoms with E-state index in [9.17, 15) is 9.59 Å². The average molecular weight is 491 g/mol. The summed E-state index contributed by atoms with van der Waals surface area (Å²) in [6.45, 7) is 3.75. The third-order valence-corrected chi connectivity index (χ3v) is 5.55. The first-order valence-corrected chi connectivity index (χ1v) is 11.5. The van der Waals surface area contributed by atoms with Crippen LogP contribution in [0.25, 0.3) is 10.9 Å². The van der Waals surface area contributed by atoms with Gasteiger partial charge < -0.3 is 14.8 Å². The number of halogens is 1. The molecule has 0 saturated heterocycles. The maximum atomic E-state index is 12.4. The Morgan fingerprint density at radius 3 is 2.40 bits per heavy atom. The number of rotatable bonds is 8. The lowest BCUT2D eigenvalue weighted by atomic mass is 9.95. The molecule has 2 aromatic heterocycles. The summed E-state index contributed by atoms with van der Waals surface area (Å²) in [5, 5.41) is 4.40. The molecule has 0 aliphatic carbocycles. The Balaban J connectivity index is 1.89. The van der Waals surface area contributed by atoms with E-state index in [2.05, 4.69) is 20.3 Å². The van der Waals surface area contributed by atoms with Crippen molar-refractivity contribution >= 4 is 40.4 Å². The molecule has 178 valence electrons. The van der Waals surface area contributed by atoms with Gasteiger partial charge in [0.25, 0.3) is 0 Å². The summed E-state index contributed by atoms with van der Waals surface area (Å²) in [5.74, 6) is -0.171. The second-order valence-corrected chi connectivity index (χ2v) is 7.90. The fourth-order valence-electron chi connectivity index (χ4n) is 3.57. The van der Waals surface area contributed by atoms with Crippen molar-refractivity contribution in [2.45, 2.75) is 26.3 Å². The van der Waals surface area contributed by atoms with E-state index in [0.717, 1.165) is 5.56 Å². The second kappa shape index (κ2) is 10.9. The van der Waals surface area contributed by atoms with Gasteiger partial charge in [-0.1, -0.05) is 30.7 Å². The Kier molecular flexibility index (Phi) is 7.52. The summed E-state index contributed by atoms with van der Waals surface area (Å²) in [4.78, 5) is 37.5. The first-order chi connectivity index (χ1) is 17.0. The van der Waals surface area contributed by atoms with Gasteiger partial charge in [-0.15, -0.1) is 0 Å². The maximum Gasteiger partial charge on any atom is 0.338 e. The fourth-order valence-corrected chi connectivity index (χ4v) is 3.84. The van der Waals surface area contributed by atoms with Crippen molar-refractivity contribution in [1.29, 1.82) is 0 Å². The molecule has 0 amide bonds. The number of hydrogen-bond acceptors (Lipinski definition) is 8. The number of hydrogen-bond donors (Lipinski definition) is 1. The fraction of sp³-hybridized carbons (Fsp3) is 0.192. The third kappa shape index (κ3) is 5.38. The van der Waals surface area contributed by atoms with Crippen LogP contribution < -0.4 is 10.1 Å². The summed E-state index contributed by atoms with van der Waals surface area (Å²) in [6, 6.07) is 13.4. The summed E-state index contributed by atoms with van der Waals surface area (Å²) in [5.41, 5.74) is 2.20. The number of carbonyl (C=O) groups is 2. The van der Waals surface area contributed by atoms with Crippen molar-refractivity contribution in [1.82, 2.24) is 15.0 Å². The molecule has 35 heavy (non-hydrogen) atoms. The van der Waals surface area contributed by atoms with Gasteiger partial charge in [0.05, 0.1) is 23.2 Å². The number of nitrogens with zero attached hydrogens (tertiary/aromatic N) is 3. The van der Waals surface area contributed by atoms with E-state index in [0.29, 0.717) is 38.8 Å². The topological polar surface area (TPSA) is 103 Å². The Bertz CT molecular complexity index is 1350. The number of carbonyl (C=O) groups excluding carboxylic acids is 2. The molecular formula is C26H23ClN4O4. The van der Waals surface area contributed by atoms with Crippen LogP contribution in [0.15, 0.2) is 67.1 Å². The third-order valence-electron chi connectivity index (χ3n) is 5.23. The molecule has 2 aromatic carbocycles. The van der Waals surface area contributed by atoms with Gasteiger partial charge in [-0.05, 0) is 48.9 Å². The second-order valence-electron chi connectivity index (χ2n) is 7.50. The van der Waals surface area contributed by atoms with Crippen LogP contribution in [0.2, 0.25) is 5.02 Å². The first kappa shape index (κ1) is 24.1. The lowest BCUT2D eigenvalue weighted by Crippen LogP contribution is -2.18. The summed E-state index contributed by atoms with van der Waals surface area (Å²) in [7, 11) is 0. The molecule has 0 bridgehead atoms. The Labute approximate surface area is 207 Å². The van der Waals surface area contributed by atoms with Crippen LogP contribution in [0.5, 0.6) is 5.75 Å². The molecule has 4 aromatic rings. The Morgan fingerprint density at radius 1 is 1.00 bits per heavy atom. The number of benzene rings is 2. The van der Waals surface area contributed by atoms with Gasteiger partial charge >= 0.3 is 11.9 Å². The molecule has 8 nitrogen and oxygen atoms in total. The van der Waals surface area contributed by atoms with E-state index in [4.69, 9.17) is 21.1 Å². The van der Waals surface area contributed by atoms with Crippen molar-refractivity contribution in [3.8, 4) is 5.75 Å². The number of anilines is 1. The average Bonchev–Trinajstić information content (AvgIpc) is 2.89. The van der Waals surface area contributed by atoms with Crippen molar-refractivity contribution < 1.29 is 19.1 Å². The Morgan fingerprint density at radius 2 is 1.71 bits per heavy atom. The molecule has 0 spiro atoms. The molecule has 0 aliphatic heterocycles. The zero-order valence-electron chi connectivity index (χ0n) is 19.2. The molecule has 9 heteroatoms. The number of fused-ring (bicyclic) bond motifs is 1. The normalized spacial score (nSPS) is 11.6. The highest BCUT2D eigenvalue weighted by Crippen LogP contribution is 2.40. The molecule has 0 radical (unpaired) electrons. The highest BCUT2D eigenvalue weighted by atomic mass is 35.5. The molecule has 0 fully saturated rings. The predicted octanol–water partition coefficient (Wildman–Crippen LogP) is 5.37. The quantitative estimate of drug-likeness (QED) is 0.259. The smallest absolute Gasteiger partial charge is 0.338 e.